The van der Waals surface area contributed by atoms with Crippen molar-refractivity contribution in [2.45, 2.75) is 13.1 Å². The average molecular weight is 247 g/mol. The van der Waals surface area contributed by atoms with Crippen molar-refractivity contribution in [3.05, 3.63) is 33.2 Å². The SMILES string of the molecule is CC(=O)C(N=O)Nc1cc(Cl)cc(Cl)c1. The highest BCUT2D eigenvalue weighted by Gasteiger charge is 2.13. The van der Waals surface area contributed by atoms with Gasteiger partial charge in [0.2, 0.25) is 6.17 Å². The van der Waals surface area contributed by atoms with Crippen LogP contribution in [0.15, 0.2) is 23.4 Å². The number of hydrogen-bond donors (Lipinski definition) is 1. The molecule has 0 saturated heterocycles. The summed E-state index contributed by atoms with van der Waals surface area (Å²) in [7, 11) is 0. The Kier molecular flexibility index (Phi) is 4.05. The van der Waals surface area contributed by atoms with Crippen LogP contribution in [0.3, 0.4) is 0 Å². The van der Waals surface area contributed by atoms with E-state index in [2.05, 4.69) is 10.5 Å². The molecule has 1 unspecified atom stereocenters. The molecule has 1 rings (SSSR count). The van der Waals surface area contributed by atoms with Crippen LogP contribution in [0.4, 0.5) is 5.69 Å². The Bertz CT molecular complexity index is 375. The number of anilines is 1. The first-order valence-corrected chi connectivity index (χ1v) is 4.84. The van der Waals surface area contributed by atoms with Crippen LogP contribution in [0.2, 0.25) is 10.0 Å². The van der Waals surface area contributed by atoms with Gasteiger partial charge in [0.05, 0.1) is 0 Å². The summed E-state index contributed by atoms with van der Waals surface area (Å²) in [4.78, 5) is 21.2. The van der Waals surface area contributed by atoms with Gasteiger partial charge in [-0.25, -0.2) is 0 Å². The third-order valence-corrected chi connectivity index (χ3v) is 2.09. The van der Waals surface area contributed by atoms with Gasteiger partial charge >= 0.3 is 0 Å². The minimum absolute atomic E-state index is 0.374. The average Bonchev–Trinajstić information content (AvgIpc) is 2.12. The van der Waals surface area contributed by atoms with E-state index in [1.54, 1.807) is 18.2 Å². The van der Waals surface area contributed by atoms with E-state index >= 15 is 0 Å². The first-order chi connectivity index (χ1) is 7.02. The second-order valence-corrected chi connectivity index (χ2v) is 3.79. The number of nitrogens with zero attached hydrogens (tertiary/aromatic N) is 1. The van der Waals surface area contributed by atoms with Crippen LogP contribution in [0.25, 0.3) is 0 Å². The summed E-state index contributed by atoms with van der Waals surface area (Å²) in [5.41, 5.74) is 0.479. The molecule has 0 radical (unpaired) electrons. The molecule has 15 heavy (non-hydrogen) atoms. The van der Waals surface area contributed by atoms with E-state index in [9.17, 15) is 9.70 Å². The number of Topliss-reactive ketones (excluding diaryl/α,β-unsaturated/α-hetero) is 1. The molecule has 1 aromatic rings. The van der Waals surface area contributed by atoms with Gasteiger partial charge in [0.1, 0.15) is 0 Å². The van der Waals surface area contributed by atoms with Gasteiger partial charge in [-0.15, -0.1) is 4.91 Å². The van der Waals surface area contributed by atoms with Gasteiger partial charge in [-0.05, 0) is 30.3 Å². The van der Waals surface area contributed by atoms with Crippen molar-refractivity contribution in [3.8, 4) is 0 Å². The van der Waals surface area contributed by atoms with Crippen molar-refractivity contribution in [3.63, 3.8) is 0 Å². The fourth-order valence-corrected chi connectivity index (χ4v) is 1.52. The minimum atomic E-state index is -1.11. The van der Waals surface area contributed by atoms with Gasteiger partial charge in [-0.3, -0.25) is 4.79 Å². The molecule has 0 aliphatic carbocycles. The van der Waals surface area contributed by atoms with Crippen LogP contribution in [-0.4, -0.2) is 11.9 Å². The number of ketones is 1. The Morgan fingerprint density at radius 3 is 2.27 bits per heavy atom. The topological polar surface area (TPSA) is 58.5 Å². The smallest absolute Gasteiger partial charge is 0.219 e. The molecule has 4 nitrogen and oxygen atoms in total. The van der Waals surface area contributed by atoms with Crippen molar-refractivity contribution in [1.82, 2.24) is 0 Å². The van der Waals surface area contributed by atoms with Crippen LogP contribution < -0.4 is 5.32 Å². The second-order valence-electron chi connectivity index (χ2n) is 2.92. The predicted octanol–water partition coefficient (Wildman–Crippen LogP) is 3.09. The molecule has 0 fully saturated rings. The predicted molar refractivity (Wildman–Crippen MR) is 60.3 cm³/mol. The Labute approximate surface area is 96.5 Å². The molecule has 1 aromatic carbocycles. The molecule has 0 saturated carbocycles. The van der Waals surface area contributed by atoms with Crippen molar-refractivity contribution < 1.29 is 4.79 Å². The van der Waals surface area contributed by atoms with E-state index in [4.69, 9.17) is 23.2 Å². The monoisotopic (exact) mass is 246 g/mol. The van der Waals surface area contributed by atoms with E-state index in [0.29, 0.717) is 15.7 Å². The molecule has 0 heterocycles. The second kappa shape index (κ2) is 5.09. The number of halogens is 2. The zero-order chi connectivity index (χ0) is 11.4. The van der Waals surface area contributed by atoms with Crippen molar-refractivity contribution >= 4 is 34.7 Å². The van der Waals surface area contributed by atoms with Gasteiger partial charge in [0.25, 0.3) is 0 Å². The van der Waals surface area contributed by atoms with Crippen LogP contribution in [0, 0.1) is 4.91 Å². The van der Waals surface area contributed by atoms with Gasteiger partial charge in [0.15, 0.2) is 5.78 Å². The van der Waals surface area contributed by atoms with E-state index in [1.165, 1.54) is 6.92 Å². The first-order valence-electron chi connectivity index (χ1n) is 4.08. The lowest BCUT2D eigenvalue weighted by molar-refractivity contribution is -0.117. The largest absolute Gasteiger partial charge is 0.355 e. The molecule has 80 valence electrons. The zero-order valence-corrected chi connectivity index (χ0v) is 9.34. The fraction of sp³-hybridized carbons (Fsp3) is 0.222. The maximum atomic E-state index is 10.9. The van der Waals surface area contributed by atoms with Crippen LogP contribution in [0.5, 0.6) is 0 Å². The summed E-state index contributed by atoms with van der Waals surface area (Å²) >= 11 is 11.5. The molecular formula is C9H8Cl2N2O2. The molecule has 0 aliphatic rings. The number of hydrogen-bond acceptors (Lipinski definition) is 4. The zero-order valence-electron chi connectivity index (χ0n) is 7.83. The molecule has 0 spiro atoms. The molecule has 6 heteroatoms. The lowest BCUT2D eigenvalue weighted by atomic mass is 10.3. The molecule has 0 bridgehead atoms. The van der Waals surface area contributed by atoms with E-state index in [0.717, 1.165) is 0 Å². The van der Waals surface area contributed by atoms with Crippen LogP contribution >= 0.6 is 23.2 Å². The van der Waals surface area contributed by atoms with Crippen LogP contribution in [0.1, 0.15) is 6.92 Å². The highest BCUT2D eigenvalue weighted by molar-refractivity contribution is 6.35. The number of carbonyl (C=O) groups excluding carboxylic acids is 1. The fourth-order valence-electron chi connectivity index (χ4n) is 0.997. The van der Waals surface area contributed by atoms with Crippen LogP contribution in [-0.2, 0) is 4.79 Å². The summed E-state index contributed by atoms with van der Waals surface area (Å²) in [6.07, 6.45) is -1.11. The molecular weight excluding hydrogens is 239 g/mol. The van der Waals surface area contributed by atoms with E-state index < -0.39 is 6.17 Å². The Hall–Kier alpha value is -1.13. The van der Waals surface area contributed by atoms with Gasteiger partial charge in [-0.1, -0.05) is 23.2 Å². The summed E-state index contributed by atoms with van der Waals surface area (Å²) in [5.74, 6) is -0.374. The van der Waals surface area contributed by atoms with Crippen molar-refractivity contribution in [1.29, 1.82) is 0 Å². The first kappa shape index (κ1) is 11.9. The quantitative estimate of drug-likeness (QED) is 0.831. The summed E-state index contributed by atoms with van der Waals surface area (Å²) in [6, 6.07) is 4.65. The normalized spacial score (nSPS) is 11.9. The lowest BCUT2D eigenvalue weighted by Gasteiger charge is -2.10. The summed E-state index contributed by atoms with van der Waals surface area (Å²) < 4.78 is 0. The minimum Gasteiger partial charge on any atom is -0.355 e. The third-order valence-electron chi connectivity index (χ3n) is 1.66. The van der Waals surface area contributed by atoms with E-state index in [-0.39, 0.29) is 5.78 Å². The number of rotatable bonds is 4. The Morgan fingerprint density at radius 1 is 1.33 bits per heavy atom. The number of benzene rings is 1. The van der Waals surface area contributed by atoms with Crippen molar-refractivity contribution in [2.75, 3.05) is 5.32 Å². The van der Waals surface area contributed by atoms with E-state index in [1.807, 2.05) is 0 Å². The highest BCUT2D eigenvalue weighted by atomic mass is 35.5. The third kappa shape index (κ3) is 3.49. The lowest BCUT2D eigenvalue weighted by Crippen LogP contribution is -2.24. The number of carbonyl (C=O) groups is 1. The molecule has 0 aliphatic heterocycles. The highest BCUT2D eigenvalue weighted by Crippen LogP contribution is 2.23. The molecule has 1 atom stereocenters. The summed E-state index contributed by atoms with van der Waals surface area (Å²) in [5, 5.41) is 6.09. The van der Waals surface area contributed by atoms with Crippen molar-refractivity contribution in [2.24, 2.45) is 5.18 Å². The standard InChI is InChI=1S/C9H8Cl2N2O2/c1-5(14)9(13-15)12-8-3-6(10)2-7(11)4-8/h2-4,9,12H,1H3. The molecule has 0 amide bonds. The maximum Gasteiger partial charge on any atom is 0.219 e. The van der Waals surface area contributed by atoms with Gasteiger partial charge < -0.3 is 5.32 Å². The maximum absolute atomic E-state index is 10.9. The Balaban J connectivity index is 2.88. The number of nitroso groups, excluding NO2 is 1. The van der Waals surface area contributed by atoms with Gasteiger partial charge in [0, 0.05) is 15.7 Å². The Morgan fingerprint density at radius 2 is 1.87 bits per heavy atom. The molecule has 1 N–H and O–H groups in total. The van der Waals surface area contributed by atoms with Gasteiger partial charge in [-0.2, -0.15) is 0 Å². The molecule has 0 aromatic heterocycles. The summed E-state index contributed by atoms with van der Waals surface area (Å²) in [6.45, 7) is 1.27. The number of nitrogens with one attached hydrogen (secondary N) is 1.